The second kappa shape index (κ2) is 16.8. The topological polar surface area (TPSA) is 197 Å². The minimum absolute atomic E-state index is 0.0367. The first kappa shape index (κ1) is 39.0. The van der Waals surface area contributed by atoms with Crippen molar-refractivity contribution in [2.24, 2.45) is 10.8 Å². The van der Waals surface area contributed by atoms with Crippen molar-refractivity contribution in [3.63, 3.8) is 0 Å². The van der Waals surface area contributed by atoms with E-state index < -0.39 is 77.9 Å². The molecule has 0 unspecified atom stereocenters. The highest BCUT2D eigenvalue weighted by Crippen LogP contribution is 2.46. The van der Waals surface area contributed by atoms with E-state index in [4.69, 9.17) is 33.2 Å². The first-order valence-electron chi connectivity index (χ1n) is 16.1. The molecule has 0 spiro atoms. The normalized spacial score (nSPS) is 36.1. The van der Waals surface area contributed by atoms with Crippen LogP contribution in [0.2, 0.25) is 0 Å². The third kappa shape index (κ3) is 10.5. The van der Waals surface area contributed by atoms with Crippen molar-refractivity contribution in [2.75, 3.05) is 33.5 Å². The summed E-state index contributed by atoms with van der Waals surface area (Å²) >= 11 is 0. The molecule has 3 heterocycles. The standard InChI is InChI=1S/C33H52O14/c1-20(36)44-30-21(14-27(38)41-6)13-24-16-25(18-34)45-28(39)15-22(37)8-11-42-26(31(2,3)19-35)17-23-9-12-43-29(46-23)7-10-32(4,5)33(30,40)47-24/h7,10,14,22-26,29-30,34-35,37,40H,8-9,11-13,15-19H2,1-6H3/b10-7+,21-14+/t22-,23+,24+,25-,26+,29+,30+,33-/m1/s1. The Bertz CT molecular complexity index is 1130. The van der Waals surface area contributed by atoms with Gasteiger partial charge in [0.2, 0.25) is 5.79 Å². The summed E-state index contributed by atoms with van der Waals surface area (Å²) in [7, 11) is 1.18. The Morgan fingerprint density at radius 1 is 1.09 bits per heavy atom. The van der Waals surface area contributed by atoms with Crippen LogP contribution >= 0.6 is 0 Å². The fourth-order valence-corrected chi connectivity index (χ4v) is 5.87. The average molecular weight is 673 g/mol. The third-order valence-electron chi connectivity index (χ3n) is 8.89. The number of aliphatic hydroxyl groups is 4. The number of esters is 3. The molecule has 0 aromatic carbocycles. The van der Waals surface area contributed by atoms with Gasteiger partial charge in [0.1, 0.15) is 6.10 Å². The maximum Gasteiger partial charge on any atom is 0.330 e. The third-order valence-corrected chi connectivity index (χ3v) is 8.89. The van der Waals surface area contributed by atoms with E-state index in [1.807, 2.05) is 13.8 Å². The summed E-state index contributed by atoms with van der Waals surface area (Å²) in [6.07, 6.45) is -1.25. The Hall–Kier alpha value is -2.43. The summed E-state index contributed by atoms with van der Waals surface area (Å²) in [5.74, 6) is -4.54. The molecule has 268 valence electrons. The summed E-state index contributed by atoms with van der Waals surface area (Å²) in [6, 6.07) is 0. The molecule has 0 aliphatic carbocycles. The number of rotatable bonds is 5. The lowest BCUT2D eigenvalue weighted by atomic mass is 9.74. The minimum Gasteiger partial charge on any atom is -0.466 e. The van der Waals surface area contributed by atoms with E-state index in [1.165, 1.54) is 7.11 Å². The van der Waals surface area contributed by atoms with Crippen LogP contribution in [-0.4, -0.2) is 121 Å². The van der Waals surface area contributed by atoms with Crippen LogP contribution in [0, 0.1) is 10.8 Å². The number of hydrogen-bond acceptors (Lipinski definition) is 14. The summed E-state index contributed by atoms with van der Waals surface area (Å²) in [6.45, 7) is 7.88. The monoisotopic (exact) mass is 672 g/mol. The van der Waals surface area contributed by atoms with Crippen LogP contribution in [-0.2, 0) is 47.5 Å². The number of carbonyl (C=O) groups excluding carboxylic acids is 3. The van der Waals surface area contributed by atoms with Crippen molar-refractivity contribution in [1.82, 2.24) is 0 Å². The molecular formula is C33H52O14. The van der Waals surface area contributed by atoms with Gasteiger partial charge in [-0.15, -0.1) is 0 Å². The zero-order valence-electron chi connectivity index (χ0n) is 28.2. The molecule has 4 bridgehead atoms. The second-order valence-electron chi connectivity index (χ2n) is 13.7. The summed E-state index contributed by atoms with van der Waals surface area (Å²) in [5.41, 5.74) is -1.79. The second-order valence-corrected chi connectivity index (χ2v) is 13.7. The lowest BCUT2D eigenvalue weighted by Gasteiger charge is -2.50. The van der Waals surface area contributed by atoms with Gasteiger partial charge in [-0.25, -0.2) is 4.79 Å². The first-order chi connectivity index (χ1) is 22.0. The number of aliphatic hydroxyl groups excluding tert-OH is 3. The van der Waals surface area contributed by atoms with E-state index in [2.05, 4.69) is 0 Å². The van der Waals surface area contributed by atoms with Gasteiger partial charge in [-0.2, -0.15) is 0 Å². The first-order valence-corrected chi connectivity index (χ1v) is 16.1. The number of hydrogen-bond donors (Lipinski definition) is 4. The van der Waals surface area contributed by atoms with Crippen molar-refractivity contribution in [2.45, 2.75) is 122 Å². The van der Waals surface area contributed by atoms with Crippen molar-refractivity contribution in [1.29, 1.82) is 0 Å². The number of cyclic esters (lactones) is 1. The zero-order valence-corrected chi connectivity index (χ0v) is 28.2. The Balaban J connectivity index is 2.05. The smallest absolute Gasteiger partial charge is 0.330 e. The maximum atomic E-state index is 12.8. The zero-order chi connectivity index (χ0) is 35.0. The quantitative estimate of drug-likeness (QED) is 0.142. The van der Waals surface area contributed by atoms with Crippen molar-refractivity contribution >= 4 is 17.9 Å². The molecule has 14 heteroatoms. The number of methoxy groups -OCH3 is 1. The molecule has 0 radical (unpaired) electrons. The Kier molecular flexibility index (Phi) is 13.9. The summed E-state index contributed by atoms with van der Waals surface area (Å²) in [5, 5.41) is 43.0. The van der Waals surface area contributed by atoms with E-state index in [9.17, 15) is 34.8 Å². The number of fused-ring (bicyclic) bond motifs is 4. The van der Waals surface area contributed by atoms with Gasteiger partial charge in [0.05, 0.1) is 57.8 Å². The van der Waals surface area contributed by atoms with Crippen LogP contribution in [0.3, 0.4) is 0 Å². The molecule has 0 saturated carbocycles. The molecule has 0 aromatic rings. The molecule has 8 atom stereocenters. The maximum absolute atomic E-state index is 12.8. The van der Waals surface area contributed by atoms with Gasteiger partial charge >= 0.3 is 17.9 Å². The van der Waals surface area contributed by atoms with Gasteiger partial charge in [0.15, 0.2) is 12.4 Å². The van der Waals surface area contributed by atoms with Crippen LogP contribution in [0.25, 0.3) is 0 Å². The summed E-state index contributed by atoms with van der Waals surface area (Å²) in [4.78, 5) is 37.4. The molecule has 3 rings (SSSR count). The van der Waals surface area contributed by atoms with Gasteiger partial charge < -0.3 is 53.6 Å². The van der Waals surface area contributed by atoms with E-state index in [-0.39, 0.29) is 50.6 Å². The van der Waals surface area contributed by atoms with Crippen LogP contribution in [0.1, 0.15) is 73.1 Å². The largest absolute Gasteiger partial charge is 0.466 e. The molecule has 4 N–H and O–H groups in total. The molecule has 2 saturated heterocycles. The highest BCUT2D eigenvalue weighted by molar-refractivity contribution is 5.83. The highest BCUT2D eigenvalue weighted by atomic mass is 16.7. The van der Waals surface area contributed by atoms with E-state index in [0.717, 1.165) is 13.0 Å². The Morgan fingerprint density at radius 3 is 2.43 bits per heavy atom. The van der Waals surface area contributed by atoms with Gasteiger partial charge in [0.25, 0.3) is 0 Å². The molecule has 3 aliphatic rings. The molecule has 47 heavy (non-hydrogen) atoms. The van der Waals surface area contributed by atoms with E-state index >= 15 is 0 Å². The molecule has 0 amide bonds. The van der Waals surface area contributed by atoms with Gasteiger partial charge in [-0.3, -0.25) is 9.59 Å². The van der Waals surface area contributed by atoms with Crippen molar-refractivity contribution in [3.8, 4) is 0 Å². The van der Waals surface area contributed by atoms with E-state index in [0.29, 0.717) is 19.4 Å². The number of ether oxygens (including phenoxy) is 7. The van der Waals surface area contributed by atoms with Crippen LogP contribution < -0.4 is 0 Å². The molecule has 14 nitrogen and oxygen atoms in total. The highest BCUT2D eigenvalue weighted by Gasteiger charge is 2.57. The molecule has 3 aliphatic heterocycles. The fraction of sp³-hybridized carbons (Fsp3) is 0.788. The number of carbonyl (C=O) groups is 3. The van der Waals surface area contributed by atoms with Gasteiger partial charge in [-0.1, -0.05) is 33.8 Å². The van der Waals surface area contributed by atoms with Crippen molar-refractivity contribution < 1.29 is 68.0 Å². The van der Waals surface area contributed by atoms with Crippen LogP contribution in [0.15, 0.2) is 23.8 Å². The lowest BCUT2D eigenvalue weighted by molar-refractivity contribution is -0.327. The van der Waals surface area contributed by atoms with E-state index in [1.54, 1.807) is 26.0 Å². The Morgan fingerprint density at radius 2 is 1.79 bits per heavy atom. The van der Waals surface area contributed by atoms with Crippen LogP contribution in [0.4, 0.5) is 0 Å². The predicted octanol–water partition coefficient (Wildman–Crippen LogP) is 1.45. The molecular weight excluding hydrogens is 620 g/mol. The molecule has 0 aromatic heterocycles. The predicted molar refractivity (Wildman–Crippen MR) is 164 cm³/mol. The summed E-state index contributed by atoms with van der Waals surface area (Å²) < 4.78 is 40.3. The van der Waals surface area contributed by atoms with Crippen LogP contribution in [0.5, 0.6) is 0 Å². The van der Waals surface area contributed by atoms with Crippen molar-refractivity contribution in [3.05, 3.63) is 23.8 Å². The Labute approximate surface area is 275 Å². The van der Waals surface area contributed by atoms with Gasteiger partial charge in [-0.05, 0) is 30.9 Å². The minimum atomic E-state index is -2.28. The molecule has 2 fully saturated rings. The fourth-order valence-electron chi connectivity index (χ4n) is 5.87. The SMILES string of the molecule is COC(=O)/C=C1\C[C@H]2C[C@H](CO)OC(=O)C[C@H](O)CCO[C@H](C(C)(C)CO)C[C@@H]3CCO[C@H](/C=C/C(C)(C)[C@](O)(O2)[C@H]1OC(C)=O)O3. The van der Waals surface area contributed by atoms with Gasteiger partial charge in [0, 0.05) is 43.3 Å². The average Bonchev–Trinajstić information content (AvgIpc) is 3.00. The lowest BCUT2D eigenvalue weighted by Crippen LogP contribution is -2.62.